The van der Waals surface area contributed by atoms with Gasteiger partial charge in [0.05, 0.1) is 5.69 Å². The summed E-state index contributed by atoms with van der Waals surface area (Å²) in [5, 5.41) is 5.72. The van der Waals surface area contributed by atoms with Crippen molar-refractivity contribution in [2.75, 3.05) is 4.90 Å². The monoisotopic (exact) mass is 414 g/mol. The van der Waals surface area contributed by atoms with Crippen molar-refractivity contribution in [2.45, 2.75) is 40.3 Å². The van der Waals surface area contributed by atoms with Crippen LogP contribution in [0.2, 0.25) is 5.02 Å². The zero-order chi connectivity index (χ0) is 20.3. The number of amides is 1. The Morgan fingerprint density at radius 1 is 1.21 bits per heavy atom. The first-order valence-electron chi connectivity index (χ1n) is 9.27. The van der Waals surface area contributed by atoms with Gasteiger partial charge in [-0.15, -0.1) is 11.3 Å². The lowest BCUT2D eigenvalue weighted by atomic mass is 10.1. The SMILES string of the molecule is CC(=O)N(c1nc(C[NH2+][C@H](C)c2ccc(Cl)cc2)cs1)c1cccc(C)c1C. The topological polar surface area (TPSA) is 49.8 Å². The number of hydrogen-bond acceptors (Lipinski definition) is 3. The van der Waals surface area contributed by atoms with Gasteiger partial charge in [0.2, 0.25) is 5.91 Å². The van der Waals surface area contributed by atoms with Crippen molar-refractivity contribution in [1.82, 2.24) is 4.98 Å². The van der Waals surface area contributed by atoms with Crippen molar-refractivity contribution in [3.05, 3.63) is 75.3 Å². The van der Waals surface area contributed by atoms with E-state index < -0.39 is 0 Å². The Bertz CT molecular complexity index is 968. The van der Waals surface area contributed by atoms with E-state index in [-0.39, 0.29) is 5.91 Å². The molecule has 1 heterocycles. The normalized spacial score (nSPS) is 12.0. The van der Waals surface area contributed by atoms with E-state index in [9.17, 15) is 4.79 Å². The van der Waals surface area contributed by atoms with Crippen molar-refractivity contribution < 1.29 is 10.1 Å². The fourth-order valence-electron chi connectivity index (χ4n) is 3.08. The van der Waals surface area contributed by atoms with E-state index >= 15 is 0 Å². The first-order chi connectivity index (χ1) is 13.4. The smallest absolute Gasteiger partial charge is 0.230 e. The summed E-state index contributed by atoms with van der Waals surface area (Å²) in [6.07, 6.45) is 0. The largest absolute Gasteiger partial charge is 0.335 e. The number of hydrogen-bond donors (Lipinski definition) is 1. The molecule has 2 aromatic carbocycles. The van der Waals surface area contributed by atoms with E-state index in [1.165, 1.54) is 16.9 Å². The number of carbonyl (C=O) groups excluding carboxylic acids is 1. The highest BCUT2D eigenvalue weighted by Gasteiger charge is 2.21. The molecular formula is C22H25ClN3OS+. The third-order valence-electron chi connectivity index (χ3n) is 4.94. The Morgan fingerprint density at radius 2 is 1.93 bits per heavy atom. The fourth-order valence-corrected chi connectivity index (χ4v) is 4.10. The summed E-state index contributed by atoms with van der Waals surface area (Å²) in [6, 6.07) is 14.2. The maximum atomic E-state index is 12.4. The van der Waals surface area contributed by atoms with Gasteiger partial charge in [-0.1, -0.05) is 35.9 Å². The second-order valence-electron chi connectivity index (χ2n) is 6.97. The Labute approximate surface area is 175 Å². The van der Waals surface area contributed by atoms with E-state index in [1.807, 2.05) is 48.7 Å². The van der Waals surface area contributed by atoms with E-state index in [4.69, 9.17) is 16.6 Å². The van der Waals surface area contributed by atoms with Crippen molar-refractivity contribution in [1.29, 1.82) is 0 Å². The number of rotatable bonds is 6. The third-order valence-corrected chi connectivity index (χ3v) is 6.07. The van der Waals surface area contributed by atoms with E-state index in [1.54, 1.807) is 11.8 Å². The zero-order valence-corrected chi connectivity index (χ0v) is 18.1. The van der Waals surface area contributed by atoms with Gasteiger partial charge in [-0.2, -0.15) is 0 Å². The van der Waals surface area contributed by atoms with Crippen LogP contribution in [-0.4, -0.2) is 10.9 Å². The minimum Gasteiger partial charge on any atom is -0.335 e. The maximum absolute atomic E-state index is 12.4. The quantitative estimate of drug-likeness (QED) is 0.622. The predicted octanol–water partition coefficient (Wildman–Crippen LogP) is 4.92. The first kappa shape index (κ1) is 20.5. The minimum absolute atomic E-state index is 0.0342. The van der Waals surface area contributed by atoms with Crippen LogP contribution in [0.25, 0.3) is 0 Å². The molecular weight excluding hydrogens is 390 g/mol. The lowest BCUT2D eigenvalue weighted by Crippen LogP contribution is -2.83. The van der Waals surface area contributed by atoms with Gasteiger partial charge in [-0.05, 0) is 50.1 Å². The molecule has 0 radical (unpaired) electrons. The Morgan fingerprint density at radius 3 is 2.61 bits per heavy atom. The number of nitrogens with zero attached hydrogens (tertiary/aromatic N) is 2. The van der Waals surface area contributed by atoms with Gasteiger partial charge in [-0.25, -0.2) is 4.98 Å². The van der Waals surface area contributed by atoms with Crippen LogP contribution in [0, 0.1) is 13.8 Å². The van der Waals surface area contributed by atoms with Crippen LogP contribution in [0.5, 0.6) is 0 Å². The van der Waals surface area contributed by atoms with Gasteiger partial charge in [0.25, 0.3) is 0 Å². The molecule has 0 aliphatic rings. The van der Waals surface area contributed by atoms with Crippen LogP contribution >= 0.6 is 22.9 Å². The molecule has 0 saturated heterocycles. The zero-order valence-electron chi connectivity index (χ0n) is 16.6. The van der Waals surface area contributed by atoms with E-state index in [2.05, 4.69) is 25.2 Å². The maximum Gasteiger partial charge on any atom is 0.230 e. The molecule has 146 valence electrons. The van der Waals surface area contributed by atoms with Gasteiger partial charge < -0.3 is 5.32 Å². The number of aryl methyl sites for hydroxylation is 1. The standard InChI is InChI=1S/C22H24ClN3OS/c1-14-6-5-7-21(15(14)2)26(17(4)27)22-25-20(13-28-22)12-24-16(3)18-8-10-19(23)11-9-18/h5-11,13,16,24H,12H2,1-4H3/p+1/t16-/m1/s1. The first-order valence-corrected chi connectivity index (χ1v) is 10.5. The summed E-state index contributed by atoms with van der Waals surface area (Å²) in [4.78, 5) is 18.8. The molecule has 0 bridgehead atoms. The second-order valence-corrected chi connectivity index (χ2v) is 8.25. The summed E-state index contributed by atoms with van der Waals surface area (Å²) in [5.74, 6) is -0.0342. The van der Waals surface area contributed by atoms with Gasteiger partial charge in [0, 0.05) is 22.9 Å². The van der Waals surface area contributed by atoms with Crippen LogP contribution in [0.1, 0.15) is 42.3 Å². The summed E-state index contributed by atoms with van der Waals surface area (Å²) < 4.78 is 0. The molecule has 1 aromatic heterocycles. The van der Waals surface area contributed by atoms with Crippen LogP contribution in [0.15, 0.2) is 47.8 Å². The number of quaternary nitrogens is 1. The molecule has 4 nitrogen and oxygen atoms in total. The minimum atomic E-state index is -0.0342. The fraction of sp³-hybridized carbons (Fsp3) is 0.273. The van der Waals surface area contributed by atoms with Crippen molar-refractivity contribution in [3.8, 4) is 0 Å². The summed E-state index contributed by atoms with van der Waals surface area (Å²) in [7, 11) is 0. The number of thiazole rings is 1. The molecule has 2 N–H and O–H groups in total. The lowest BCUT2D eigenvalue weighted by molar-refractivity contribution is -0.708. The van der Waals surface area contributed by atoms with Crippen LogP contribution < -0.4 is 10.2 Å². The number of carbonyl (C=O) groups is 1. The molecule has 3 aromatic rings. The average Bonchev–Trinajstić information content (AvgIpc) is 3.12. The van der Waals surface area contributed by atoms with Crippen molar-refractivity contribution >= 4 is 39.7 Å². The molecule has 0 aliphatic heterocycles. The van der Waals surface area contributed by atoms with Gasteiger partial charge in [-0.3, -0.25) is 9.69 Å². The van der Waals surface area contributed by atoms with Crippen molar-refractivity contribution in [2.24, 2.45) is 0 Å². The Balaban J connectivity index is 1.75. The molecule has 1 atom stereocenters. The molecule has 0 saturated carbocycles. The number of halogens is 1. The van der Waals surface area contributed by atoms with E-state index in [0.29, 0.717) is 11.2 Å². The van der Waals surface area contributed by atoms with E-state index in [0.717, 1.165) is 34.1 Å². The number of aromatic nitrogens is 1. The van der Waals surface area contributed by atoms with Crippen LogP contribution in [0.4, 0.5) is 10.8 Å². The molecule has 0 aliphatic carbocycles. The lowest BCUT2D eigenvalue weighted by Gasteiger charge is -2.21. The van der Waals surface area contributed by atoms with Crippen LogP contribution in [-0.2, 0) is 11.3 Å². The molecule has 0 spiro atoms. The summed E-state index contributed by atoms with van der Waals surface area (Å²) in [5.41, 5.74) is 5.34. The van der Waals surface area contributed by atoms with Gasteiger partial charge in [0.1, 0.15) is 18.3 Å². The van der Waals surface area contributed by atoms with Crippen molar-refractivity contribution in [3.63, 3.8) is 0 Å². The number of benzene rings is 2. The van der Waals surface area contributed by atoms with Gasteiger partial charge in [0.15, 0.2) is 5.13 Å². The second kappa shape index (κ2) is 8.86. The molecule has 1 amide bonds. The number of anilines is 2. The van der Waals surface area contributed by atoms with Crippen LogP contribution in [0.3, 0.4) is 0 Å². The molecule has 3 rings (SSSR count). The van der Waals surface area contributed by atoms with Gasteiger partial charge >= 0.3 is 0 Å². The Kier molecular flexibility index (Phi) is 6.50. The number of nitrogens with two attached hydrogens (primary N) is 1. The summed E-state index contributed by atoms with van der Waals surface area (Å²) >= 11 is 7.47. The molecule has 0 unspecified atom stereocenters. The highest BCUT2D eigenvalue weighted by Crippen LogP contribution is 2.32. The predicted molar refractivity (Wildman–Crippen MR) is 116 cm³/mol. The third kappa shape index (κ3) is 4.61. The summed E-state index contributed by atoms with van der Waals surface area (Å²) in [6.45, 7) is 8.58. The Hall–Kier alpha value is -2.21. The highest BCUT2D eigenvalue weighted by molar-refractivity contribution is 7.14. The molecule has 6 heteroatoms. The molecule has 28 heavy (non-hydrogen) atoms. The highest BCUT2D eigenvalue weighted by atomic mass is 35.5. The molecule has 0 fully saturated rings. The average molecular weight is 415 g/mol.